The Morgan fingerprint density at radius 2 is 1.79 bits per heavy atom. The second-order valence-electron chi connectivity index (χ2n) is 9.86. The number of rotatable bonds is 10. The van der Waals surface area contributed by atoms with Gasteiger partial charge >= 0.3 is 5.97 Å². The molecule has 0 atom stereocenters. The summed E-state index contributed by atoms with van der Waals surface area (Å²) in [5, 5.41) is 11.6. The topological polar surface area (TPSA) is 66.4 Å². The molecule has 0 spiro atoms. The van der Waals surface area contributed by atoms with Crippen molar-refractivity contribution < 1.29 is 14.7 Å². The number of benzene rings is 1. The minimum absolute atomic E-state index is 0.164. The summed E-state index contributed by atoms with van der Waals surface area (Å²) in [6.07, 6.45) is 17.1. The van der Waals surface area contributed by atoms with Crippen LogP contribution in [-0.2, 0) is 16.0 Å². The van der Waals surface area contributed by atoms with Crippen molar-refractivity contribution in [3.05, 3.63) is 88.6 Å². The molecular formula is C30H39NO3. The fourth-order valence-corrected chi connectivity index (χ4v) is 4.26. The quantitative estimate of drug-likeness (QED) is 0.279. The molecule has 1 aliphatic rings. The van der Waals surface area contributed by atoms with Gasteiger partial charge in [0.15, 0.2) is 0 Å². The van der Waals surface area contributed by atoms with Crippen LogP contribution >= 0.6 is 0 Å². The van der Waals surface area contributed by atoms with Crippen molar-refractivity contribution in [3.8, 4) is 0 Å². The van der Waals surface area contributed by atoms with Gasteiger partial charge in [-0.2, -0.15) is 0 Å². The molecule has 0 aromatic heterocycles. The Bertz CT molecular complexity index is 1020. The number of amides is 1. The number of carboxylic acid groups (broad SMARTS) is 1. The summed E-state index contributed by atoms with van der Waals surface area (Å²) in [5.74, 6) is -0.957. The molecule has 0 saturated heterocycles. The first-order valence-electron chi connectivity index (χ1n) is 12.1. The number of aliphatic carboxylic acids is 1. The summed E-state index contributed by atoms with van der Waals surface area (Å²) in [5.41, 5.74) is 6.99. The number of carbonyl (C=O) groups is 2. The average Bonchev–Trinajstić information content (AvgIpc) is 2.74. The molecule has 2 rings (SSSR count). The van der Waals surface area contributed by atoms with Gasteiger partial charge < -0.3 is 10.4 Å². The predicted molar refractivity (Wildman–Crippen MR) is 142 cm³/mol. The minimum Gasteiger partial charge on any atom is -0.481 e. The summed E-state index contributed by atoms with van der Waals surface area (Å²) in [6.45, 7) is 10.9. The normalized spacial score (nSPS) is 17.0. The van der Waals surface area contributed by atoms with Gasteiger partial charge in [0.25, 0.3) is 0 Å². The number of anilines is 1. The van der Waals surface area contributed by atoms with Crippen molar-refractivity contribution in [2.75, 3.05) is 5.32 Å². The number of hydrogen-bond acceptors (Lipinski definition) is 2. The van der Waals surface area contributed by atoms with Crippen LogP contribution in [0.15, 0.2) is 83.0 Å². The number of carbonyl (C=O) groups excluding carboxylic acids is 1. The largest absolute Gasteiger partial charge is 0.481 e. The zero-order chi connectivity index (χ0) is 25.1. The molecule has 4 nitrogen and oxygen atoms in total. The fourth-order valence-electron chi connectivity index (χ4n) is 4.26. The van der Waals surface area contributed by atoms with E-state index < -0.39 is 5.97 Å². The average molecular weight is 462 g/mol. The summed E-state index contributed by atoms with van der Waals surface area (Å²) < 4.78 is 0. The molecule has 0 aliphatic heterocycles. The molecule has 0 saturated carbocycles. The standard InChI is InChI=1S/C30H39NO3/c1-22(14-19-27-24(3)11-8-20-30(27,4)5)9-6-10-23(2)21-28(32)31-26-17-15-25(16-18-26)12-7-13-29(33)34/h6,9-10,14-19,21H,7-8,11-13,20H2,1-5H3,(H,31,32)(H,33,34). The van der Waals surface area contributed by atoms with Crippen LogP contribution in [-0.4, -0.2) is 17.0 Å². The lowest BCUT2D eigenvalue weighted by molar-refractivity contribution is -0.137. The van der Waals surface area contributed by atoms with Crippen LogP contribution in [0.3, 0.4) is 0 Å². The molecule has 0 bridgehead atoms. The van der Waals surface area contributed by atoms with Crippen molar-refractivity contribution in [2.45, 2.75) is 73.1 Å². The third-order valence-corrected chi connectivity index (χ3v) is 6.21. The van der Waals surface area contributed by atoms with Crippen LogP contribution in [0.1, 0.15) is 72.3 Å². The second kappa shape index (κ2) is 12.9. The Labute approximate surface area is 204 Å². The lowest BCUT2D eigenvalue weighted by Crippen LogP contribution is -2.19. The molecule has 2 N–H and O–H groups in total. The van der Waals surface area contributed by atoms with E-state index in [0.29, 0.717) is 12.8 Å². The molecule has 0 radical (unpaired) electrons. The third-order valence-electron chi connectivity index (χ3n) is 6.21. The van der Waals surface area contributed by atoms with Crippen molar-refractivity contribution in [1.82, 2.24) is 0 Å². The highest BCUT2D eigenvalue weighted by Gasteiger charge is 2.26. The summed E-state index contributed by atoms with van der Waals surface area (Å²) in [6, 6.07) is 7.52. The highest BCUT2D eigenvalue weighted by Crippen LogP contribution is 2.40. The van der Waals surface area contributed by atoms with Gasteiger partial charge in [0.2, 0.25) is 5.91 Å². The van der Waals surface area contributed by atoms with Crippen LogP contribution in [0.25, 0.3) is 0 Å². The van der Waals surface area contributed by atoms with Crippen molar-refractivity contribution in [2.24, 2.45) is 5.41 Å². The SMILES string of the molecule is CC(C=CC1=C(C)CCCC1(C)C)=CC=CC(C)=CC(=O)Nc1ccc(CCCC(=O)O)cc1. The van der Waals surface area contributed by atoms with Crippen molar-refractivity contribution in [3.63, 3.8) is 0 Å². The minimum atomic E-state index is -0.779. The van der Waals surface area contributed by atoms with Crippen molar-refractivity contribution >= 4 is 17.6 Å². The monoisotopic (exact) mass is 461 g/mol. The van der Waals surface area contributed by atoms with Crippen molar-refractivity contribution in [1.29, 1.82) is 0 Å². The van der Waals surface area contributed by atoms with Gasteiger partial charge in [0.1, 0.15) is 0 Å². The number of hydrogen-bond donors (Lipinski definition) is 2. The summed E-state index contributed by atoms with van der Waals surface area (Å²) in [7, 11) is 0. The van der Waals surface area contributed by atoms with E-state index in [1.807, 2.05) is 43.3 Å². The maximum Gasteiger partial charge on any atom is 0.303 e. The summed E-state index contributed by atoms with van der Waals surface area (Å²) >= 11 is 0. The van der Waals surface area contributed by atoms with E-state index in [4.69, 9.17) is 5.11 Å². The first-order valence-corrected chi connectivity index (χ1v) is 12.1. The molecule has 1 aromatic rings. The smallest absolute Gasteiger partial charge is 0.303 e. The molecule has 182 valence electrons. The zero-order valence-electron chi connectivity index (χ0n) is 21.3. The molecule has 1 aliphatic carbocycles. The predicted octanol–water partition coefficient (Wildman–Crippen LogP) is 7.56. The van der Waals surface area contributed by atoms with Gasteiger partial charge in [0.05, 0.1) is 0 Å². The van der Waals surface area contributed by atoms with Crippen LogP contribution in [0.4, 0.5) is 5.69 Å². The van der Waals surface area contributed by atoms with Crippen LogP contribution in [0.5, 0.6) is 0 Å². The molecule has 0 fully saturated rings. The van der Waals surface area contributed by atoms with Gasteiger partial charge in [-0.05, 0) is 87.1 Å². The van der Waals surface area contributed by atoms with Gasteiger partial charge in [0, 0.05) is 18.2 Å². The van der Waals surface area contributed by atoms with E-state index in [1.165, 1.54) is 36.0 Å². The van der Waals surface area contributed by atoms with E-state index in [0.717, 1.165) is 16.8 Å². The lowest BCUT2D eigenvalue weighted by Gasteiger charge is -2.32. The molecule has 0 unspecified atom stereocenters. The highest BCUT2D eigenvalue weighted by molar-refractivity contribution is 5.99. The van der Waals surface area contributed by atoms with E-state index in [9.17, 15) is 9.59 Å². The zero-order valence-corrected chi connectivity index (χ0v) is 21.3. The molecule has 1 amide bonds. The van der Waals surface area contributed by atoms with E-state index in [1.54, 1.807) is 6.08 Å². The number of allylic oxidation sites excluding steroid dienone is 9. The highest BCUT2D eigenvalue weighted by atomic mass is 16.4. The third kappa shape index (κ3) is 9.38. The van der Waals surface area contributed by atoms with Crippen LogP contribution < -0.4 is 5.32 Å². The Morgan fingerprint density at radius 3 is 2.44 bits per heavy atom. The molecular weight excluding hydrogens is 422 g/mol. The Morgan fingerprint density at radius 1 is 1.09 bits per heavy atom. The van der Waals surface area contributed by atoms with Gasteiger partial charge in [-0.15, -0.1) is 0 Å². The van der Waals surface area contributed by atoms with Gasteiger partial charge in [-0.3, -0.25) is 9.59 Å². The molecule has 34 heavy (non-hydrogen) atoms. The molecule has 1 aromatic carbocycles. The molecule has 4 heteroatoms. The fraction of sp³-hybridized carbons (Fsp3) is 0.400. The van der Waals surface area contributed by atoms with Gasteiger partial charge in [-0.1, -0.05) is 67.5 Å². The number of nitrogens with one attached hydrogen (secondary N) is 1. The summed E-state index contributed by atoms with van der Waals surface area (Å²) in [4.78, 5) is 22.9. The van der Waals surface area contributed by atoms with Crippen LogP contribution in [0, 0.1) is 5.41 Å². The maximum atomic E-state index is 12.3. The number of carboxylic acids is 1. The molecule has 0 heterocycles. The maximum absolute atomic E-state index is 12.3. The van der Waals surface area contributed by atoms with E-state index in [-0.39, 0.29) is 17.7 Å². The Balaban J connectivity index is 1.88. The Hall–Kier alpha value is -3.14. The second-order valence-corrected chi connectivity index (χ2v) is 9.86. The van der Waals surface area contributed by atoms with Gasteiger partial charge in [-0.25, -0.2) is 0 Å². The first kappa shape index (κ1) is 27.1. The lowest BCUT2D eigenvalue weighted by atomic mass is 9.72. The van der Waals surface area contributed by atoms with Crippen LogP contribution in [0.2, 0.25) is 0 Å². The number of aryl methyl sites for hydroxylation is 1. The van der Waals surface area contributed by atoms with E-state index >= 15 is 0 Å². The van der Waals surface area contributed by atoms with E-state index in [2.05, 4.69) is 51.2 Å². The first-order chi connectivity index (χ1) is 16.1. The Kier molecular flexibility index (Phi) is 10.3.